The van der Waals surface area contributed by atoms with Crippen LogP contribution in [0, 0.1) is 0 Å². The number of carbonyl (C=O) groups is 1. The van der Waals surface area contributed by atoms with Crippen molar-refractivity contribution in [3.05, 3.63) is 0 Å². The van der Waals surface area contributed by atoms with Gasteiger partial charge in [0.1, 0.15) is 6.54 Å². The standard InChI is InChI=1S/C20H14F27NO2/c1-48(2,6-7(49)50)5-3-4-8(21,22)9(23,24)10(25,26)11(27,28)12(29,30)13(31,32)14(33,34)15(35,36)16(37,38)17(39,40)18(41,42)19(43,44)20(45,46)47/h3-6H2,1-2H3. The summed E-state index contributed by atoms with van der Waals surface area (Å²) in [5, 5.41) is 10.5. The first-order valence-electron chi connectivity index (χ1n) is 11.7. The van der Waals surface area contributed by atoms with E-state index in [0.717, 1.165) is 14.1 Å². The summed E-state index contributed by atoms with van der Waals surface area (Å²) in [6.45, 7) is -2.35. The van der Waals surface area contributed by atoms with Gasteiger partial charge in [0, 0.05) is 12.8 Å². The number of hydrogen-bond donors (Lipinski definition) is 0. The molecule has 0 aliphatic carbocycles. The van der Waals surface area contributed by atoms with Gasteiger partial charge in [-0.05, 0) is 0 Å². The summed E-state index contributed by atoms with van der Waals surface area (Å²) >= 11 is 0. The van der Waals surface area contributed by atoms with Crippen LogP contribution in [0.4, 0.5) is 119 Å². The number of quaternary nitrogens is 1. The SMILES string of the molecule is C[N+](C)(CCCC(F)(F)C(F)(F)C(F)(F)C(F)(F)C(F)(F)C(F)(F)C(F)(F)C(F)(F)C(F)(F)C(F)(F)C(F)(F)C(F)(F)C(F)(F)F)CC(=O)[O-]. The van der Waals surface area contributed by atoms with E-state index in [1.807, 2.05) is 0 Å². The Morgan fingerprint density at radius 3 is 0.860 bits per heavy atom. The highest BCUT2D eigenvalue weighted by Crippen LogP contribution is 2.68. The van der Waals surface area contributed by atoms with Crippen LogP contribution in [0.2, 0.25) is 0 Å². The van der Waals surface area contributed by atoms with Gasteiger partial charge >= 0.3 is 77.2 Å². The predicted molar refractivity (Wildman–Crippen MR) is 102 cm³/mol. The van der Waals surface area contributed by atoms with E-state index in [4.69, 9.17) is 0 Å². The van der Waals surface area contributed by atoms with Gasteiger partial charge in [-0.15, -0.1) is 0 Å². The van der Waals surface area contributed by atoms with Crippen LogP contribution < -0.4 is 5.11 Å². The molecule has 0 spiro atoms. The van der Waals surface area contributed by atoms with Gasteiger partial charge in [0.25, 0.3) is 0 Å². The molecule has 0 aromatic rings. The fraction of sp³-hybridized carbons (Fsp3) is 0.950. The lowest BCUT2D eigenvalue weighted by Crippen LogP contribution is -2.78. The highest BCUT2D eigenvalue weighted by molar-refractivity contribution is 5.65. The second-order valence-electron chi connectivity index (χ2n) is 10.8. The number of halogens is 27. The first kappa shape index (κ1) is 47.5. The molecule has 0 fully saturated rings. The third-order valence-corrected chi connectivity index (χ3v) is 6.57. The number of rotatable bonds is 17. The van der Waals surface area contributed by atoms with Crippen molar-refractivity contribution in [3.63, 3.8) is 0 Å². The topological polar surface area (TPSA) is 40.1 Å². The van der Waals surface area contributed by atoms with Crippen molar-refractivity contribution in [1.82, 2.24) is 0 Å². The van der Waals surface area contributed by atoms with Crippen LogP contribution in [0.1, 0.15) is 12.8 Å². The highest BCUT2D eigenvalue weighted by Gasteiger charge is 3.00. The minimum Gasteiger partial charge on any atom is -0.544 e. The molecule has 0 amide bonds. The second kappa shape index (κ2) is 12.3. The Labute approximate surface area is 257 Å². The number of alkyl halides is 27. The number of hydrogen-bond acceptors (Lipinski definition) is 2. The number of carboxylic acids is 1. The van der Waals surface area contributed by atoms with Gasteiger partial charge in [-0.3, -0.25) is 0 Å². The van der Waals surface area contributed by atoms with Gasteiger partial charge in [0.15, 0.2) is 0 Å². The number of carbonyl (C=O) groups excluding carboxylic acids is 1. The third-order valence-electron chi connectivity index (χ3n) is 6.57. The molecule has 0 rings (SSSR count). The van der Waals surface area contributed by atoms with Crippen molar-refractivity contribution in [2.75, 3.05) is 27.2 Å². The van der Waals surface area contributed by atoms with E-state index in [2.05, 4.69) is 0 Å². The van der Waals surface area contributed by atoms with E-state index < -0.39 is 114 Å². The molecular formula is C20H14F27NO2. The average Bonchev–Trinajstić information content (AvgIpc) is 2.85. The number of carboxylic acid groups (broad SMARTS) is 1. The van der Waals surface area contributed by atoms with Crippen LogP contribution in [0.5, 0.6) is 0 Å². The lowest BCUT2D eigenvalue weighted by Gasteiger charge is -2.46. The first-order chi connectivity index (χ1) is 21.1. The Bertz CT molecular complexity index is 1230. The van der Waals surface area contributed by atoms with E-state index in [1.165, 1.54) is 0 Å². The van der Waals surface area contributed by atoms with Gasteiger partial charge in [-0.25, -0.2) is 0 Å². The number of likely N-dealkylation sites (N-methyl/N-ethyl adjacent to an activating group) is 1. The summed E-state index contributed by atoms with van der Waals surface area (Å²) in [6.07, 6.45) is -12.9. The summed E-state index contributed by atoms with van der Waals surface area (Å²) in [5.74, 6) is -112. The molecule has 0 aromatic carbocycles. The molecular weight excluding hydrogens is 799 g/mol. The van der Waals surface area contributed by atoms with Crippen LogP contribution in [-0.4, -0.2) is 115 Å². The maximum Gasteiger partial charge on any atom is 0.460 e. The van der Waals surface area contributed by atoms with E-state index in [-0.39, 0.29) is 0 Å². The molecule has 0 aromatic heterocycles. The summed E-state index contributed by atoms with van der Waals surface area (Å²) in [6, 6.07) is 0. The minimum atomic E-state index is -9.81. The van der Waals surface area contributed by atoms with Crippen molar-refractivity contribution < 1.29 is 133 Å². The van der Waals surface area contributed by atoms with Crippen LogP contribution >= 0.6 is 0 Å². The van der Waals surface area contributed by atoms with Crippen molar-refractivity contribution in [1.29, 1.82) is 0 Å². The number of nitrogens with zero attached hydrogens (tertiary/aromatic N) is 1. The summed E-state index contributed by atoms with van der Waals surface area (Å²) in [5.41, 5.74) is 0. The van der Waals surface area contributed by atoms with Crippen molar-refractivity contribution in [2.45, 2.75) is 90.1 Å². The van der Waals surface area contributed by atoms with Gasteiger partial charge in [0.2, 0.25) is 0 Å². The Hall–Kier alpha value is -2.46. The van der Waals surface area contributed by atoms with Crippen LogP contribution in [-0.2, 0) is 4.79 Å². The van der Waals surface area contributed by atoms with E-state index >= 15 is 0 Å². The van der Waals surface area contributed by atoms with Crippen molar-refractivity contribution in [2.24, 2.45) is 0 Å². The zero-order valence-corrected chi connectivity index (χ0v) is 23.3. The second-order valence-corrected chi connectivity index (χ2v) is 10.8. The first-order valence-corrected chi connectivity index (χ1v) is 11.7. The Kier molecular flexibility index (Phi) is 11.7. The van der Waals surface area contributed by atoms with Gasteiger partial charge in [-0.1, -0.05) is 0 Å². The molecule has 0 saturated heterocycles. The molecule has 3 nitrogen and oxygen atoms in total. The zero-order chi connectivity index (χ0) is 41.4. The van der Waals surface area contributed by atoms with Crippen LogP contribution in [0.15, 0.2) is 0 Å². The summed E-state index contributed by atoms with van der Waals surface area (Å²) < 4.78 is 364. The van der Waals surface area contributed by atoms with Gasteiger partial charge in [0.05, 0.1) is 26.6 Å². The maximum absolute atomic E-state index is 14.0. The highest BCUT2D eigenvalue weighted by atomic mass is 19.4. The zero-order valence-electron chi connectivity index (χ0n) is 23.3. The molecule has 0 atom stereocenters. The van der Waals surface area contributed by atoms with E-state index in [9.17, 15) is 128 Å². The quantitative estimate of drug-likeness (QED) is 0.111. The summed E-state index contributed by atoms with van der Waals surface area (Å²) in [4.78, 5) is 10.5. The molecule has 0 bridgehead atoms. The molecule has 30 heteroatoms. The molecule has 0 unspecified atom stereocenters. The van der Waals surface area contributed by atoms with E-state index in [0.29, 0.717) is 0 Å². The lowest BCUT2D eigenvalue weighted by atomic mass is 9.83. The van der Waals surface area contributed by atoms with Gasteiger partial charge < -0.3 is 14.4 Å². The largest absolute Gasteiger partial charge is 0.544 e. The van der Waals surface area contributed by atoms with Crippen molar-refractivity contribution >= 4 is 5.97 Å². The average molecular weight is 813 g/mol. The Balaban J connectivity index is 7.17. The Morgan fingerprint density at radius 1 is 0.420 bits per heavy atom. The predicted octanol–water partition coefficient (Wildman–Crippen LogP) is 7.78. The molecule has 0 aliphatic rings. The number of aliphatic carboxylic acids is 1. The van der Waals surface area contributed by atoms with Crippen molar-refractivity contribution in [3.8, 4) is 0 Å². The fourth-order valence-corrected chi connectivity index (χ4v) is 3.50. The molecule has 0 saturated carbocycles. The summed E-state index contributed by atoms with van der Waals surface area (Å²) in [7, 11) is 1.52. The molecule has 0 aliphatic heterocycles. The molecule has 300 valence electrons. The van der Waals surface area contributed by atoms with E-state index in [1.54, 1.807) is 0 Å². The molecule has 50 heavy (non-hydrogen) atoms. The lowest BCUT2D eigenvalue weighted by molar-refractivity contribution is -0.885. The smallest absolute Gasteiger partial charge is 0.460 e. The third kappa shape index (κ3) is 6.43. The maximum atomic E-state index is 14.0. The van der Waals surface area contributed by atoms with Gasteiger partial charge in [-0.2, -0.15) is 119 Å². The van der Waals surface area contributed by atoms with Crippen LogP contribution in [0.3, 0.4) is 0 Å². The minimum absolute atomic E-state index is 0.760. The van der Waals surface area contributed by atoms with Crippen LogP contribution in [0.25, 0.3) is 0 Å². The molecule has 0 radical (unpaired) electrons. The monoisotopic (exact) mass is 813 g/mol. The molecule has 0 heterocycles. The molecule has 0 N–H and O–H groups in total. The fourth-order valence-electron chi connectivity index (χ4n) is 3.50. The Morgan fingerprint density at radius 2 is 0.640 bits per heavy atom. The normalized spacial score (nSPS) is 16.6.